The van der Waals surface area contributed by atoms with Crippen LogP contribution in [0.5, 0.6) is 0 Å². The summed E-state index contributed by atoms with van der Waals surface area (Å²) in [6, 6.07) is 5.00. The molecule has 22 heavy (non-hydrogen) atoms. The predicted octanol–water partition coefficient (Wildman–Crippen LogP) is 1.24. The second-order valence-electron chi connectivity index (χ2n) is 5.89. The Labute approximate surface area is 127 Å². The van der Waals surface area contributed by atoms with Gasteiger partial charge in [-0.25, -0.2) is 0 Å². The van der Waals surface area contributed by atoms with Crippen molar-refractivity contribution in [3.63, 3.8) is 0 Å². The zero-order chi connectivity index (χ0) is 15.1. The lowest BCUT2D eigenvalue weighted by Gasteiger charge is -2.43. The van der Waals surface area contributed by atoms with Crippen LogP contribution in [0, 0.1) is 5.21 Å². The number of morpholine rings is 1. The van der Waals surface area contributed by atoms with Crippen LogP contribution in [0.2, 0.25) is 0 Å². The number of carbonyl (C=O) groups excluding carboxylic acids is 1. The van der Waals surface area contributed by atoms with E-state index >= 15 is 0 Å². The van der Waals surface area contributed by atoms with Crippen LogP contribution in [-0.4, -0.2) is 41.3 Å². The Morgan fingerprint density at radius 2 is 2.23 bits per heavy atom. The maximum atomic E-state index is 12.8. The molecule has 1 aliphatic heterocycles. The molecule has 1 saturated carbocycles. The second-order valence-corrected chi connectivity index (χ2v) is 5.89. The molecule has 1 aromatic carbocycles. The maximum Gasteiger partial charge on any atom is 0.254 e. The second kappa shape index (κ2) is 5.24. The Hall–Kier alpha value is -2.15. The largest absolute Gasteiger partial charge is 0.374 e. The van der Waals surface area contributed by atoms with Crippen molar-refractivity contribution in [2.45, 2.75) is 37.8 Å². The number of fused-ring (bicyclic) bond motifs is 2. The third-order valence-corrected chi connectivity index (χ3v) is 4.63. The van der Waals surface area contributed by atoms with Crippen LogP contribution in [0.25, 0.3) is 11.0 Å². The van der Waals surface area contributed by atoms with Crippen LogP contribution in [-0.2, 0) is 4.74 Å². The third-order valence-electron chi connectivity index (χ3n) is 4.63. The molecule has 2 atom stereocenters. The van der Waals surface area contributed by atoms with Crippen molar-refractivity contribution in [1.82, 2.24) is 10.1 Å². The molecular weight excluding hydrogens is 286 g/mol. The molecule has 0 bridgehead atoms. The van der Waals surface area contributed by atoms with E-state index in [2.05, 4.69) is 9.79 Å². The van der Waals surface area contributed by atoms with Gasteiger partial charge in [-0.1, -0.05) is 12.8 Å². The summed E-state index contributed by atoms with van der Waals surface area (Å²) < 4.78 is 10.4. The molecule has 0 N–H and O–H groups in total. The van der Waals surface area contributed by atoms with Crippen molar-refractivity contribution in [1.29, 1.82) is 0 Å². The fourth-order valence-corrected chi connectivity index (χ4v) is 3.52. The Morgan fingerprint density at radius 3 is 3.14 bits per heavy atom. The van der Waals surface area contributed by atoms with E-state index in [1.807, 2.05) is 4.90 Å². The summed E-state index contributed by atoms with van der Waals surface area (Å²) >= 11 is 0. The molecule has 2 aliphatic rings. The number of hydrogen-bond donors (Lipinski definition) is 0. The van der Waals surface area contributed by atoms with E-state index in [1.165, 1.54) is 0 Å². The summed E-state index contributed by atoms with van der Waals surface area (Å²) in [5.41, 5.74) is 1.26. The number of amides is 1. The molecule has 2 aromatic rings. The highest BCUT2D eigenvalue weighted by Crippen LogP contribution is 2.29. The van der Waals surface area contributed by atoms with Gasteiger partial charge in [-0.15, -0.1) is 0 Å². The van der Waals surface area contributed by atoms with Gasteiger partial charge >= 0.3 is 0 Å². The molecule has 0 radical (unpaired) electrons. The van der Waals surface area contributed by atoms with E-state index < -0.39 is 0 Å². The van der Waals surface area contributed by atoms with Crippen LogP contribution >= 0.6 is 0 Å². The molecule has 2 heterocycles. The highest BCUT2D eigenvalue weighted by Gasteiger charge is 2.37. The van der Waals surface area contributed by atoms with Gasteiger partial charge in [-0.2, -0.15) is 0 Å². The highest BCUT2D eigenvalue weighted by molar-refractivity contribution is 5.97. The topological polar surface area (TPSA) is 82.5 Å². The van der Waals surface area contributed by atoms with E-state index in [-0.39, 0.29) is 18.1 Å². The fourth-order valence-electron chi connectivity index (χ4n) is 3.52. The monoisotopic (exact) mass is 303 g/mol. The molecule has 1 aliphatic carbocycles. The SMILES string of the molecule is O=C(c1ccc2c(c1)no[n+]2[O-])N1CCOC2CCCCC21. The first-order valence-electron chi connectivity index (χ1n) is 7.66. The number of ether oxygens (including phenoxy) is 1. The van der Waals surface area contributed by atoms with Gasteiger partial charge in [-0.05, 0) is 29.9 Å². The van der Waals surface area contributed by atoms with Gasteiger partial charge in [0.25, 0.3) is 5.91 Å². The average Bonchev–Trinajstić information content (AvgIpc) is 2.94. The smallest absolute Gasteiger partial charge is 0.254 e. The van der Waals surface area contributed by atoms with Crippen LogP contribution in [0.1, 0.15) is 36.0 Å². The Balaban J connectivity index is 1.63. The maximum absolute atomic E-state index is 12.8. The lowest BCUT2D eigenvalue weighted by Crippen LogP contribution is -2.54. The van der Waals surface area contributed by atoms with E-state index in [0.717, 1.165) is 25.7 Å². The highest BCUT2D eigenvalue weighted by atomic mass is 16.8. The Kier molecular flexibility index (Phi) is 3.22. The number of carbonyl (C=O) groups is 1. The first-order chi connectivity index (χ1) is 10.7. The quantitative estimate of drug-likeness (QED) is 0.740. The first kappa shape index (κ1) is 13.5. The van der Waals surface area contributed by atoms with E-state index in [9.17, 15) is 10.0 Å². The minimum Gasteiger partial charge on any atom is -0.374 e. The number of hydrogen-bond acceptors (Lipinski definition) is 5. The van der Waals surface area contributed by atoms with Crippen molar-refractivity contribution in [2.24, 2.45) is 0 Å². The standard InChI is InChI=1S/C15H17N3O4/c19-15(10-5-6-12-11(9-10)16-22-18(12)20)17-7-8-21-14-4-2-1-3-13(14)17/h5-6,9,13-14H,1-4,7-8H2. The molecule has 2 unspecified atom stereocenters. The minimum atomic E-state index is -0.0254. The number of aromatic nitrogens is 2. The predicted molar refractivity (Wildman–Crippen MR) is 76.0 cm³/mol. The molecule has 1 saturated heterocycles. The molecule has 116 valence electrons. The Bertz CT molecular complexity index is 712. The normalized spacial score (nSPS) is 25.2. The van der Waals surface area contributed by atoms with Gasteiger partial charge < -0.3 is 14.8 Å². The summed E-state index contributed by atoms with van der Waals surface area (Å²) in [5, 5.41) is 15.0. The van der Waals surface area contributed by atoms with Crippen LogP contribution in [0.15, 0.2) is 22.8 Å². The molecule has 0 spiro atoms. The minimum absolute atomic E-state index is 0.0254. The summed E-state index contributed by atoms with van der Waals surface area (Å²) in [5.74, 6) is -0.0254. The van der Waals surface area contributed by atoms with Crippen molar-refractivity contribution in [3.8, 4) is 0 Å². The lowest BCUT2D eigenvalue weighted by molar-refractivity contribution is -0.782. The van der Waals surface area contributed by atoms with E-state index in [4.69, 9.17) is 4.74 Å². The number of benzene rings is 1. The van der Waals surface area contributed by atoms with Crippen LogP contribution < -0.4 is 4.90 Å². The first-order valence-corrected chi connectivity index (χ1v) is 7.66. The van der Waals surface area contributed by atoms with Crippen molar-refractivity contribution >= 4 is 16.9 Å². The van der Waals surface area contributed by atoms with E-state index in [1.54, 1.807) is 18.2 Å². The molecule has 7 heteroatoms. The molecule has 1 amide bonds. The zero-order valence-electron chi connectivity index (χ0n) is 12.1. The molecule has 4 rings (SSSR count). The van der Waals surface area contributed by atoms with Gasteiger partial charge in [0.2, 0.25) is 11.0 Å². The van der Waals surface area contributed by atoms with Crippen molar-refractivity contribution in [3.05, 3.63) is 29.0 Å². The van der Waals surface area contributed by atoms with Gasteiger partial charge in [0.05, 0.1) is 18.8 Å². The zero-order valence-corrected chi connectivity index (χ0v) is 12.1. The third kappa shape index (κ3) is 2.12. The van der Waals surface area contributed by atoms with Gasteiger partial charge in [0, 0.05) is 23.3 Å². The fraction of sp³-hybridized carbons (Fsp3) is 0.533. The van der Waals surface area contributed by atoms with Crippen molar-refractivity contribution in [2.75, 3.05) is 13.2 Å². The van der Waals surface area contributed by atoms with Gasteiger partial charge in [-0.3, -0.25) is 9.42 Å². The molecule has 7 nitrogen and oxygen atoms in total. The molecule has 2 fully saturated rings. The number of nitrogens with zero attached hydrogens (tertiary/aromatic N) is 3. The number of rotatable bonds is 1. The average molecular weight is 303 g/mol. The summed E-state index contributed by atoms with van der Waals surface area (Å²) in [6.45, 7) is 1.19. The van der Waals surface area contributed by atoms with Crippen LogP contribution in [0.3, 0.4) is 0 Å². The molecule has 1 aromatic heterocycles. The summed E-state index contributed by atoms with van der Waals surface area (Å²) in [4.78, 5) is 15.1. The van der Waals surface area contributed by atoms with Crippen molar-refractivity contribution < 1.29 is 19.1 Å². The lowest BCUT2D eigenvalue weighted by atomic mass is 9.89. The van der Waals surface area contributed by atoms with Gasteiger partial charge in [0.1, 0.15) is 0 Å². The summed E-state index contributed by atoms with van der Waals surface area (Å²) in [6.07, 6.45) is 4.46. The van der Waals surface area contributed by atoms with Crippen LogP contribution in [0.4, 0.5) is 0 Å². The summed E-state index contributed by atoms with van der Waals surface area (Å²) in [7, 11) is 0. The van der Waals surface area contributed by atoms with Gasteiger partial charge in [0.15, 0.2) is 0 Å². The van der Waals surface area contributed by atoms with E-state index in [0.29, 0.717) is 34.7 Å². The Morgan fingerprint density at radius 1 is 1.36 bits per heavy atom. The molecular formula is C15H17N3O4.